The van der Waals surface area contributed by atoms with Crippen LogP contribution in [0.3, 0.4) is 0 Å². The second kappa shape index (κ2) is 8.33. The Labute approximate surface area is 166 Å². The summed E-state index contributed by atoms with van der Waals surface area (Å²) >= 11 is 0. The van der Waals surface area contributed by atoms with Crippen LogP contribution in [-0.4, -0.2) is 35.4 Å². The molecular weight excluding hydrogens is 399 g/mol. The topological polar surface area (TPSA) is 121 Å². The smallest absolute Gasteiger partial charge is 0.244 e. The number of nitrogens with one attached hydrogen (secondary N) is 2. The van der Waals surface area contributed by atoms with E-state index in [1.54, 1.807) is 12.1 Å². The van der Waals surface area contributed by atoms with Crippen LogP contribution in [0.5, 0.6) is 5.75 Å². The maximum absolute atomic E-state index is 13.7. The number of hydrogen-bond donors (Lipinski definition) is 3. The summed E-state index contributed by atoms with van der Waals surface area (Å²) in [6, 6.07) is 10.1. The highest BCUT2D eigenvalue weighted by Gasteiger charge is 2.24. The van der Waals surface area contributed by atoms with Crippen LogP contribution in [0, 0.1) is 5.82 Å². The first-order valence-electron chi connectivity index (χ1n) is 8.45. The molecule has 0 aliphatic rings. The lowest BCUT2D eigenvalue weighted by Gasteiger charge is -2.14. The summed E-state index contributed by atoms with van der Waals surface area (Å²) in [6.45, 7) is 1.33. The number of nitrogens with zero attached hydrogens (tertiary/aromatic N) is 2. The third kappa shape index (κ3) is 4.92. The molecule has 1 aromatic heterocycles. The highest BCUT2D eigenvalue weighted by molar-refractivity contribution is 7.89. The molecule has 1 heterocycles. The van der Waals surface area contributed by atoms with Gasteiger partial charge in [-0.3, -0.25) is 4.79 Å². The highest BCUT2D eigenvalue weighted by atomic mass is 32.2. The minimum Gasteiger partial charge on any atom is -0.508 e. The first-order valence-corrected chi connectivity index (χ1v) is 9.94. The predicted octanol–water partition coefficient (Wildman–Crippen LogP) is 2.29. The summed E-state index contributed by atoms with van der Waals surface area (Å²) in [4.78, 5) is 20.0. The zero-order valence-electron chi connectivity index (χ0n) is 15.2. The second-order valence-corrected chi connectivity index (χ2v) is 7.79. The number of carbonyl (C=O) groups excluding carboxylic acids is 1. The number of anilines is 1. The molecule has 0 aliphatic heterocycles. The van der Waals surface area contributed by atoms with E-state index in [1.165, 1.54) is 43.6 Å². The Bertz CT molecular complexity index is 1140. The number of rotatable bonds is 6. The largest absolute Gasteiger partial charge is 0.508 e. The molecule has 0 radical (unpaired) electrons. The van der Waals surface area contributed by atoms with Crippen LogP contribution >= 0.6 is 0 Å². The summed E-state index contributed by atoms with van der Waals surface area (Å²) in [5.41, 5.74) is 0.838. The maximum Gasteiger partial charge on any atom is 0.244 e. The number of benzene rings is 2. The molecule has 3 aromatic rings. The average Bonchev–Trinajstić information content (AvgIpc) is 2.68. The number of aromatic nitrogens is 2. The van der Waals surface area contributed by atoms with Crippen LogP contribution in [0.15, 0.2) is 65.8 Å². The van der Waals surface area contributed by atoms with E-state index in [-0.39, 0.29) is 11.4 Å². The number of phenolic OH excluding ortho intramolecular Hbond substituents is 1. The second-order valence-electron chi connectivity index (χ2n) is 6.11. The number of aromatic hydroxyl groups is 1. The Morgan fingerprint density at radius 3 is 2.45 bits per heavy atom. The Morgan fingerprint density at radius 1 is 1.10 bits per heavy atom. The van der Waals surface area contributed by atoms with Gasteiger partial charge in [-0.05, 0) is 31.2 Å². The van der Waals surface area contributed by atoms with E-state index in [4.69, 9.17) is 0 Å². The predicted molar refractivity (Wildman–Crippen MR) is 104 cm³/mol. The van der Waals surface area contributed by atoms with Crippen LogP contribution in [0.25, 0.3) is 11.4 Å². The van der Waals surface area contributed by atoms with Gasteiger partial charge in [0.1, 0.15) is 16.5 Å². The minimum absolute atomic E-state index is 0.0689. The summed E-state index contributed by atoms with van der Waals surface area (Å²) in [5.74, 6) is -1.17. The van der Waals surface area contributed by atoms with Gasteiger partial charge in [0, 0.05) is 5.56 Å². The minimum atomic E-state index is -4.22. The molecule has 2 aromatic carbocycles. The zero-order valence-corrected chi connectivity index (χ0v) is 16.0. The first kappa shape index (κ1) is 20.4. The van der Waals surface area contributed by atoms with Crippen molar-refractivity contribution in [2.24, 2.45) is 0 Å². The fourth-order valence-electron chi connectivity index (χ4n) is 2.45. The quantitative estimate of drug-likeness (QED) is 0.567. The fourth-order valence-corrected chi connectivity index (χ4v) is 3.73. The van der Waals surface area contributed by atoms with E-state index in [1.807, 2.05) is 0 Å². The van der Waals surface area contributed by atoms with Crippen molar-refractivity contribution in [3.8, 4) is 17.1 Å². The van der Waals surface area contributed by atoms with E-state index in [0.717, 1.165) is 12.1 Å². The van der Waals surface area contributed by atoms with Gasteiger partial charge in [0.15, 0.2) is 5.82 Å². The molecule has 3 rings (SSSR count). The van der Waals surface area contributed by atoms with Crippen LogP contribution in [-0.2, 0) is 14.8 Å². The van der Waals surface area contributed by atoms with Crippen LogP contribution in [0.1, 0.15) is 6.92 Å². The van der Waals surface area contributed by atoms with Crippen molar-refractivity contribution in [2.45, 2.75) is 17.9 Å². The lowest BCUT2D eigenvalue weighted by molar-refractivity contribution is -0.117. The van der Waals surface area contributed by atoms with Crippen molar-refractivity contribution in [1.82, 2.24) is 14.7 Å². The third-order valence-corrected chi connectivity index (χ3v) is 5.45. The van der Waals surface area contributed by atoms with Gasteiger partial charge < -0.3 is 10.4 Å². The molecule has 0 unspecified atom stereocenters. The van der Waals surface area contributed by atoms with Gasteiger partial charge in [-0.25, -0.2) is 22.8 Å². The van der Waals surface area contributed by atoms with E-state index in [9.17, 15) is 22.7 Å². The fraction of sp³-hybridized carbons (Fsp3) is 0.105. The summed E-state index contributed by atoms with van der Waals surface area (Å²) in [6.07, 6.45) is 2.70. The molecule has 10 heteroatoms. The molecule has 8 nitrogen and oxygen atoms in total. The van der Waals surface area contributed by atoms with Gasteiger partial charge in [-0.1, -0.05) is 24.3 Å². The molecule has 0 aliphatic carbocycles. The highest BCUT2D eigenvalue weighted by Crippen LogP contribution is 2.20. The number of halogens is 1. The number of carbonyl (C=O) groups is 1. The normalized spacial score (nSPS) is 12.3. The molecular formula is C19H17FN4O4S. The summed E-state index contributed by atoms with van der Waals surface area (Å²) in [7, 11) is -4.22. The first-order chi connectivity index (χ1) is 13.8. The Kier molecular flexibility index (Phi) is 5.85. The number of amides is 1. The molecule has 0 fully saturated rings. The summed E-state index contributed by atoms with van der Waals surface area (Å²) < 4.78 is 40.4. The van der Waals surface area contributed by atoms with E-state index >= 15 is 0 Å². The van der Waals surface area contributed by atoms with Crippen LogP contribution in [0.4, 0.5) is 10.1 Å². The zero-order chi connectivity index (χ0) is 21.0. The van der Waals surface area contributed by atoms with Crippen molar-refractivity contribution in [1.29, 1.82) is 0 Å². The average molecular weight is 416 g/mol. The van der Waals surface area contributed by atoms with Gasteiger partial charge in [0.25, 0.3) is 0 Å². The van der Waals surface area contributed by atoms with Crippen LogP contribution < -0.4 is 10.0 Å². The molecule has 150 valence electrons. The van der Waals surface area contributed by atoms with Crippen molar-refractivity contribution < 1.29 is 22.7 Å². The van der Waals surface area contributed by atoms with Gasteiger partial charge in [0.05, 0.1) is 24.1 Å². The van der Waals surface area contributed by atoms with Gasteiger partial charge in [-0.15, -0.1) is 0 Å². The lowest BCUT2D eigenvalue weighted by atomic mass is 10.2. The molecule has 1 amide bonds. The van der Waals surface area contributed by atoms with Crippen molar-refractivity contribution in [2.75, 3.05) is 5.32 Å². The molecule has 3 N–H and O–H groups in total. The number of sulfonamides is 1. The molecule has 29 heavy (non-hydrogen) atoms. The van der Waals surface area contributed by atoms with Gasteiger partial charge in [-0.2, -0.15) is 4.72 Å². The Morgan fingerprint density at radius 2 is 1.79 bits per heavy atom. The molecule has 1 atom stereocenters. The summed E-state index contributed by atoms with van der Waals surface area (Å²) in [5, 5.41) is 12.0. The number of phenols is 1. The van der Waals surface area contributed by atoms with Gasteiger partial charge in [0.2, 0.25) is 15.9 Å². The monoisotopic (exact) mass is 416 g/mol. The Hall–Kier alpha value is -3.37. The van der Waals surface area contributed by atoms with Crippen molar-refractivity contribution in [3.05, 3.63) is 66.7 Å². The molecule has 0 spiro atoms. The maximum atomic E-state index is 13.7. The Balaban J connectivity index is 1.67. The number of hydrogen-bond acceptors (Lipinski definition) is 6. The SMILES string of the molecule is C[C@H](NS(=O)(=O)c1ccccc1F)C(=O)Nc1cnc(-c2cccc(O)c2)nc1. The van der Waals surface area contributed by atoms with Gasteiger partial charge >= 0.3 is 0 Å². The third-order valence-electron chi connectivity index (χ3n) is 3.88. The van der Waals surface area contributed by atoms with Crippen molar-refractivity contribution >= 4 is 21.6 Å². The van der Waals surface area contributed by atoms with E-state index in [0.29, 0.717) is 11.4 Å². The van der Waals surface area contributed by atoms with E-state index in [2.05, 4.69) is 20.0 Å². The molecule has 0 bridgehead atoms. The standard InChI is InChI=1S/C19H17FN4O4S/c1-12(24-29(27,28)17-8-3-2-7-16(17)20)19(26)23-14-10-21-18(22-11-14)13-5-4-6-15(25)9-13/h2-12,24-25H,1H3,(H,23,26)/t12-/m0/s1. The lowest BCUT2D eigenvalue weighted by Crippen LogP contribution is -2.41. The molecule has 0 saturated carbocycles. The van der Waals surface area contributed by atoms with Crippen molar-refractivity contribution in [3.63, 3.8) is 0 Å². The van der Waals surface area contributed by atoms with Crippen LogP contribution in [0.2, 0.25) is 0 Å². The molecule has 0 saturated heterocycles. The van der Waals surface area contributed by atoms with E-state index < -0.39 is 32.7 Å².